The summed E-state index contributed by atoms with van der Waals surface area (Å²) in [7, 11) is 0. The van der Waals surface area contributed by atoms with Crippen molar-refractivity contribution in [1.29, 1.82) is 0 Å². The predicted octanol–water partition coefficient (Wildman–Crippen LogP) is 2.19. The number of benzene rings is 1. The van der Waals surface area contributed by atoms with Gasteiger partial charge >= 0.3 is 0 Å². The third-order valence-electron chi connectivity index (χ3n) is 3.75. The number of carbonyl (C=O) groups is 1. The summed E-state index contributed by atoms with van der Waals surface area (Å²) < 4.78 is 10.6. The molecule has 8 heteroatoms. The Kier molecular flexibility index (Phi) is 6.09. The Bertz CT molecular complexity index is 838. The number of amides is 1. The van der Waals surface area contributed by atoms with Crippen LogP contribution in [0.25, 0.3) is 6.08 Å². The highest BCUT2D eigenvalue weighted by molar-refractivity contribution is 5.91. The van der Waals surface area contributed by atoms with E-state index >= 15 is 0 Å². The van der Waals surface area contributed by atoms with Gasteiger partial charge in [0.05, 0.1) is 0 Å². The molecule has 3 N–H and O–H groups in total. The lowest BCUT2D eigenvalue weighted by Gasteiger charge is -2.09. The maximum Gasteiger partial charge on any atom is 0.244 e. The van der Waals surface area contributed by atoms with E-state index in [0.29, 0.717) is 24.7 Å². The van der Waals surface area contributed by atoms with E-state index in [4.69, 9.17) is 9.47 Å². The average molecular weight is 369 g/mol. The Morgan fingerprint density at radius 2 is 1.89 bits per heavy atom. The standard InChI is InChI=1S/C19H23N5O3/c1-3-20-17-11-18(24-13(2)23-17)21-8-9-22-19(25)7-5-14-4-6-15-16(10-14)27-12-26-15/h4-7,10-11H,3,8-9,12H2,1-2H3,(H,22,25)(H2,20,21,23,24)/b7-5+. The number of nitrogens with zero attached hydrogens (tertiary/aromatic N) is 2. The summed E-state index contributed by atoms with van der Waals surface area (Å²) in [6.07, 6.45) is 3.23. The molecular weight excluding hydrogens is 346 g/mol. The van der Waals surface area contributed by atoms with Gasteiger partial charge in [0.2, 0.25) is 12.7 Å². The highest BCUT2D eigenvalue weighted by atomic mass is 16.7. The molecule has 0 aliphatic carbocycles. The Morgan fingerprint density at radius 1 is 1.11 bits per heavy atom. The Balaban J connectivity index is 1.43. The lowest BCUT2D eigenvalue weighted by atomic mass is 10.2. The summed E-state index contributed by atoms with van der Waals surface area (Å²) in [4.78, 5) is 20.6. The predicted molar refractivity (Wildman–Crippen MR) is 104 cm³/mol. The number of hydrogen-bond donors (Lipinski definition) is 3. The van der Waals surface area contributed by atoms with E-state index in [1.54, 1.807) is 6.08 Å². The second-order valence-corrected chi connectivity index (χ2v) is 5.88. The molecule has 1 aliphatic rings. The van der Waals surface area contributed by atoms with Gasteiger partial charge in [-0.3, -0.25) is 4.79 Å². The second kappa shape index (κ2) is 8.88. The molecule has 0 saturated carbocycles. The first-order valence-corrected chi connectivity index (χ1v) is 8.83. The molecule has 0 fully saturated rings. The Morgan fingerprint density at radius 3 is 2.70 bits per heavy atom. The van der Waals surface area contributed by atoms with Crippen molar-refractivity contribution in [2.75, 3.05) is 37.1 Å². The molecule has 142 valence electrons. The molecule has 0 saturated heterocycles. The first-order chi connectivity index (χ1) is 13.1. The Labute approximate surface area is 158 Å². The quantitative estimate of drug-likeness (QED) is 0.485. The van der Waals surface area contributed by atoms with Crippen molar-refractivity contribution >= 4 is 23.6 Å². The smallest absolute Gasteiger partial charge is 0.244 e. The molecule has 0 atom stereocenters. The van der Waals surface area contributed by atoms with Crippen LogP contribution in [-0.2, 0) is 4.79 Å². The van der Waals surface area contributed by atoms with Crippen LogP contribution in [0.2, 0.25) is 0 Å². The molecule has 2 heterocycles. The van der Waals surface area contributed by atoms with Gasteiger partial charge < -0.3 is 25.4 Å². The van der Waals surface area contributed by atoms with Crippen LogP contribution in [0.15, 0.2) is 30.3 Å². The van der Waals surface area contributed by atoms with E-state index in [2.05, 4.69) is 25.9 Å². The van der Waals surface area contributed by atoms with Gasteiger partial charge in [-0.25, -0.2) is 9.97 Å². The number of aromatic nitrogens is 2. The minimum absolute atomic E-state index is 0.165. The van der Waals surface area contributed by atoms with Crippen LogP contribution in [0.4, 0.5) is 11.6 Å². The first-order valence-electron chi connectivity index (χ1n) is 8.83. The van der Waals surface area contributed by atoms with Gasteiger partial charge in [-0.1, -0.05) is 6.07 Å². The van der Waals surface area contributed by atoms with Gasteiger partial charge in [0.15, 0.2) is 11.5 Å². The molecule has 1 aromatic heterocycles. The largest absolute Gasteiger partial charge is 0.454 e. The molecule has 1 aromatic carbocycles. The van der Waals surface area contributed by atoms with E-state index in [1.165, 1.54) is 6.08 Å². The fourth-order valence-corrected chi connectivity index (χ4v) is 2.55. The van der Waals surface area contributed by atoms with Gasteiger partial charge in [-0.15, -0.1) is 0 Å². The molecule has 3 rings (SSSR count). The highest BCUT2D eigenvalue weighted by Crippen LogP contribution is 2.32. The van der Waals surface area contributed by atoms with Crippen LogP contribution < -0.4 is 25.4 Å². The second-order valence-electron chi connectivity index (χ2n) is 5.88. The molecule has 0 unspecified atom stereocenters. The lowest BCUT2D eigenvalue weighted by Crippen LogP contribution is -2.27. The highest BCUT2D eigenvalue weighted by Gasteiger charge is 2.12. The summed E-state index contributed by atoms with van der Waals surface area (Å²) >= 11 is 0. The van der Waals surface area contributed by atoms with Crippen LogP contribution in [0.5, 0.6) is 11.5 Å². The zero-order valence-electron chi connectivity index (χ0n) is 15.4. The molecule has 8 nitrogen and oxygen atoms in total. The first kappa shape index (κ1) is 18.5. The van der Waals surface area contributed by atoms with Crippen LogP contribution in [0.3, 0.4) is 0 Å². The number of nitrogens with one attached hydrogen (secondary N) is 3. The fourth-order valence-electron chi connectivity index (χ4n) is 2.55. The van der Waals surface area contributed by atoms with Crippen molar-refractivity contribution < 1.29 is 14.3 Å². The van der Waals surface area contributed by atoms with E-state index in [0.717, 1.165) is 29.5 Å². The SMILES string of the molecule is CCNc1cc(NCCNC(=O)/C=C/c2ccc3c(c2)OCO3)nc(C)n1. The van der Waals surface area contributed by atoms with E-state index in [-0.39, 0.29) is 12.7 Å². The molecular formula is C19H23N5O3. The number of aryl methyl sites for hydroxylation is 1. The van der Waals surface area contributed by atoms with Crippen molar-refractivity contribution in [3.8, 4) is 11.5 Å². The van der Waals surface area contributed by atoms with Gasteiger partial charge in [0.1, 0.15) is 17.5 Å². The summed E-state index contributed by atoms with van der Waals surface area (Å²) in [6.45, 7) is 5.92. The third kappa shape index (κ3) is 5.34. The summed E-state index contributed by atoms with van der Waals surface area (Å²) in [5, 5.41) is 9.17. The summed E-state index contributed by atoms with van der Waals surface area (Å²) in [5.41, 5.74) is 0.875. The minimum atomic E-state index is -0.165. The normalized spacial score (nSPS) is 12.2. The zero-order valence-corrected chi connectivity index (χ0v) is 15.4. The van der Waals surface area contributed by atoms with Crippen LogP contribution in [0, 0.1) is 6.92 Å². The zero-order chi connectivity index (χ0) is 19.1. The minimum Gasteiger partial charge on any atom is -0.454 e. The summed E-state index contributed by atoms with van der Waals surface area (Å²) in [6, 6.07) is 7.39. The molecule has 0 radical (unpaired) electrons. The number of rotatable bonds is 8. The summed E-state index contributed by atoms with van der Waals surface area (Å²) in [5.74, 6) is 3.44. The molecule has 0 bridgehead atoms. The van der Waals surface area contributed by atoms with Gasteiger partial charge in [-0.05, 0) is 37.6 Å². The topological polar surface area (TPSA) is 97.4 Å². The maximum absolute atomic E-state index is 11.9. The van der Waals surface area contributed by atoms with E-state index in [9.17, 15) is 4.79 Å². The number of hydrogen-bond acceptors (Lipinski definition) is 7. The van der Waals surface area contributed by atoms with Crippen molar-refractivity contribution in [1.82, 2.24) is 15.3 Å². The number of carbonyl (C=O) groups excluding carboxylic acids is 1. The van der Waals surface area contributed by atoms with Crippen LogP contribution in [-0.4, -0.2) is 42.3 Å². The van der Waals surface area contributed by atoms with Gasteiger partial charge in [-0.2, -0.15) is 0 Å². The van der Waals surface area contributed by atoms with Crippen LogP contribution in [0.1, 0.15) is 18.3 Å². The Hall–Kier alpha value is -3.29. The van der Waals surface area contributed by atoms with Crippen molar-refractivity contribution in [2.24, 2.45) is 0 Å². The third-order valence-corrected chi connectivity index (χ3v) is 3.75. The van der Waals surface area contributed by atoms with Crippen LogP contribution >= 0.6 is 0 Å². The average Bonchev–Trinajstić information content (AvgIpc) is 3.11. The maximum atomic E-state index is 11.9. The number of fused-ring (bicyclic) bond motifs is 1. The van der Waals surface area contributed by atoms with E-state index < -0.39 is 0 Å². The van der Waals surface area contributed by atoms with Gasteiger partial charge in [0.25, 0.3) is 0 Å². The lowest BCUT2D eigenvalue weighted by molar-refractivity contribution is -0.116. The molecule has 27 heavy (non-hydrogen) atoms. The van der Waals surface area contributed by atoms with Crippen molar-refractivity contribution in [3.63, 3.8) is 0 Å². The fraction of sp³-hybridized carbons (Fsp3) is 0.316. The number of anilines is 2. The molecule has 1 aliphatic heterocycles. The van der Waals surface area contributed by atoms with Crippen molar-refractivity contribution in [3.05, 3.63) is 41.7 Å². The molecule has 2 aromatic rings. The monoisotopic (exact) mass is 369 g/mol. The van der Waals surface area contributed by atoms with E-state index in [1.807, 2.05) is 38.1 Å². The molecule has 0 spiro atoms. The molecule has 1 amide bonds. The van der Waals surface area contributed by atoms with Crippen molar-refractivity contribution in [2.45, 2.75) is 13.8 Å². The number of ether oxygens (including phenoxy) is 2. The van der Waals surface area contributed by atoms with Gasteiger partial charge in [0, 0.05) is 31.8 Å².